The molecule has 0 aliphatic heterocycles. The number of rotatable bonds is 5. The molecule has 2 aromatic carbocycles. The number of amides is 1. The van der Waals surface area contributed by atoms with Crippen LogP contribution in [0.1, 0.15) is 5.56 Å². The Hall–Kier alpha value is -3.25. The van der Waals surface area contributed by atoms with Crippen molar-refractivity contribution in [1.29, 1.82) is 0 Å². The second-order valence-corrected chi connectivity index (χ2v) is 5.66. The van der Waals surface area contributed by atoms with Crippen molar-refractivity contribution < 1.29 is 4.79 Å². The molecule has 1 aromatic heterocycles. The summed E-state index contributed by atoms with van der Waals surface area (Å²) in [7, 11) is 0. The highest BCUT2D eigenvalue weighted by molar-refractivity contribution is 5.95. The molecule has 25 heavy (non-hydrogen) atoms. The van der Waals surface area contributed by atoms with Crippen molar-refractivity contribution in [1.82, 2.24) is 9.97 Å². The smallest absolute Gasteiger partial charge is 0.241 e. The molecule has 1 unspecified atom stereocenters. The lowest BCUT2D eigenvalue weighted by atomic mass is 10.1. The van der Waals surface area contributed by atoms with E-state index in [0.29, 0.717) is 12.1 Å². The molecule has 3 aromatic rings. The molecular formula is C19H19N5O. The summed E-state index contributed by atoms with van der Waals surface area (Å²) >= 11 is 0. The number of carbonyl (C=O) groups is 1. The quantitative estimate of drug-likeness (QED) is 0.664. The Morgan fingerprint density at radius 1 is 1.04 bits per heavy atom. The zero-order valence-corrected chi connectivity index (χ0v) is 13.6. The third-order valence-corrected chi connectivity index (χ3v) is 3.76. The van der Waals surface area contributed by atoms with Crippen LogP contribution < -0.4 is 16.8 Å². The number of hydrogen-bond acceptors (Lipinski definition) is 5. The number of nitrogens with two attached hydrogens (primary N) is 2. The first-order valence-corrected chi connectivity index (χ1v) is 7.91. The summed E-state index contributed by atoms with van der Waals surface area (Å²) in [6.07, 6.45) is 2.10. The van der Waals surface area contributed by atoms with Gasteiger partial charge in [-0.1, -0.05) is 42.5 Å². The second-order valence-electron chi connectivity index (χ2n) is 5.66. The molecule has 0 aliphatic rings. The van der Waals surface area contributed by atoms with Crippen LogP contribution in [0.15, 0.2) is 66.9 Å². The molecular weight excluding hydrogens is 314 g/mol. The monoisotopic (exact) mass is 333 g/mol. The fraction of sp³-hybridized carbons (Fsp3) is 0.105. The van der Waals surface area contributed by atoms with Crippen molar-refractivity contribution in [2.75, 3.05) is 11.1 Å². The molecule has 126 valence electrons. The maximum Gasteiger partial charge on any atom is 0.241 e. The predicted octanol–water partition coefficient (Wildman–Crippen LogP) is 2.23. The van der Waals surface area contributed by atoms with E-state index in [9.17, 15) is 4.79 Å². The summed E-state index contributed by atoms with van der Waals surface area (Å²) in [6, 6.07) is 18.2. The molecule has 1 amide bonds. The number of aromatic nitrogens is 2. The van der Waals surface area contributed by atoms with Crippen molar-refractivity contribution in [3.05, 3.63) is 72.4 Å². The van der Waals surface area contributed by atoms with Crippen LogP contribution in [-0.2, 0) is 11.2 Å². The van der Waals surface area contributed by atoms with Crippen LogP contribution in [0.4, 0.5) is 11.6 Å². The van der Waals surface area contributed by atoms with Crippen LogP contribution in [0, 0.1) is 0 Å². The van der Waals surface area contributed by atoms with Crippen LogP contribution in [0.3, 0.4) is 0 Å². The molecule has 5 N–H and O–H groups in total. The van der Waals surface area contributed by atoms with Crippen molar-refractivity contribution >= 4 is 17.5 Å². The molecule has 0 fully saturated rings. The fourth-order valence-electron chi connectivity index (χ4n) is 2.45. The summed E-state index contributed by atoms with van der Waals surface area (Å²) in [5.41, 5.74) is 14.9. The number of benzene rings is 2. The van der Waals surface area contributed by atoms with Gasteiger partial charge >= 0.3 is 0 Å². The SMILES string of the molecule is Nc1nccc(-c2ccc(NC(=O)C(N)Cc3ccccc3)cc2)n1. The average Bonchev–Trinajstić information content (AvgIpc) is 2.63. The molecule has 0 radical (unpaired) electrons. The third kappa shape index (κ3) is 4.39. The van der Waals surface area contributed by atoms with E-state index in [0.717, 1.165) is 16.8 Å². The summed E-state index contributed by atoms with van der Waals surface area (Å²) < 4.78 is 0. The molecule has 0 saturated heterocycles. The van der Waals surface area contributed by atoms with E-state index in [4.69, 9.17) is 11.5 Å². The number of nitrogens with zero attached hydrogens (tertiary/aromatic N) is 2. The highest BCUT2D eigenvalue weighted by Crippen LogP contribution is 2.19. The Bertz CT molecular complexity index is 849. The Labute approximate surface area is 145 Å². The first-order chi connectivity index (χ1) is 12.1. The van der Waals surface area contributed by atoms with E-state index in [2.05, 4.69) is 15.3 Å². The largest absolute Gasteiger partial charge is 0.368 e. The van der Waals surface area contributed by atoms with Crippen molar-refractivity contribution in [2.45, 2.75) is 12.5 Å². The first-order valence-electron chi connectivity index (χ1n) is 7.91. The number of nitrogen functional groups attached to an aromatic ring is 1. The molecule has 3 rings (SSSR count). The van der Waals surface area contributed by atoms with E-state index < -0.39 is 6.04 Å². The lowest BCUT2D eigenvalue weighted by Gasteiger charge is -2.12. The highest BCUT2D eigenvalue weighted by Gasteiger charge is 2.14. The van der Waals surface area contributed by atoms with Gasteiger partial charge in [-0.15, -0.1) is 0 Å². The molecule has 6 heteroatoms. The number of hydrogen-bond donors (Lipinski definition) is 3. The van der Waals surface area contributed by atoms with E-state index in [1.165, 1.54) is 0 Å². The van der Waals surface area contributed by atoms with Gasteiger partial charge in [0, 0.05) is 17.4 Å². The molecule has 0 bridgehead atoms. The summed E-state index contributed by atoms with van der Waals surface area (Å²) in [5.74, 6) is 0.00430. The predicted molar refractivity (Wildman–Crippen MR) is 98.6 cm³/mol. The fourth-order valence-corrected chi connectivity index (χ4v) is 2.45. The lowest BCUT2D eigenvalue weighted by molar-refractivity contribution is -0.117. The van der Waals surface area contributed by atoms with Gasteiger partial charge in [0.2, 0.25) is 11.9 Å². The Morgan fingerprint density at radius 3 is 2.44 bits per heavy atom. The summed E-state index contributed by atoms with van der Waals surface area (Å²) in [6.45, 7) is 0. The van der Waals surface area contributed by atoms with Gasteiger partial charge < -0.3 is 16.8 Å². The minimum atomic E-state index is -0.608. The molecule has 6 nitrogen and oxygen atoms in total. The zero-order valence-electron chi connectivity index (χ0n) is 13.6. The van der Waals surface area contributed by atoms with Crippen molar-refractivity contribution in [3.63, 3.8) is 0 Å². The van der Waals surface area contributed by atoms with E-state index >= 15 is 0 Å². The van der Waals surface area contributed by atoms with Gasteiger partial charge in [-0.25, -0.2) is 9.97 Å². The summed E-state index contributed by atoms with van der Waals surface area (Å²) in [5, 5.41) is 2.83. The van der Waals surface area contributed by atoms with Gasteiger partial charge in [0.15, 0.2) is 0 Å². The molecule has 0 spiro atoms. The zero-order chi connectivity index (χ0) is 17.6. The van der Waals surface area contributed by atoms with Crippen LogP contribution in [-0.4, -0.2) is 21.9 Å². The maximum absolute atomic E-state index is 12.2. The minimum Gasteiger partial charge on any atom is -0.368 e. The number of anilines is 2. The van der Waals surface area contributed by atoms with Crippen molar-refractivity contribution in [2.24, 2.45) is 5.73 Å². The van der Waals surface area contributed by atoms with Gasteiger partial charge in [-0.05, 0) is 30.2 Å². The second kappa shape index (κ2) is 7.55. The molecule has 0 aliphatic carbocycles. The molecule has 0 saturated carbocycles. The Kier molecular flexibility index (Phi) is 5.01. The topological polar surface area (TPSA) is 107 Å². The minimum absolute atomic E-state index is 0.220. The van der Waals surface area contributed by atoms with Gasteiger partial charge in [-0.2, -0.15) is 0 Å². The van der Waals surface area contributed by atoms with Gasteiger partial charge in [-0.3, -0.25) is 4.79 Å². The maximum atomic E-state index is 12.2. The first kappa shape index (κ1) is 16.6. The van der Waals surface area contributed by atoms with Crippen LogP contribution in [0.2, 0.25) is 0 Å². The normalized spacial score (nSPS) is 11.7. The standard InChI is InChI=1S/C19H19N5O/c20-16(12-13-4-2-1-3-5-13)18(25)23-15-8-6-14(7-9-15)17-10-11-22-19(21)24-17/h1-11,16H,12,20H2,(H,23,25)(H2,21,22,24). The van der Waals surface area contributed by atoms with Crippen LogP contribution in [0.5, 0.6) is 0 Å². The Morgan fingerprint density at radius 2 is 1.76 bits per heavy atom. The lowest BCUT2D eigenvalue weighted by Crippen LogP contribution is -2.37. The Balaban J connectivity index is 1.63. The number of carbonyl (C=O) groups excluding carboxylic acids is 1. The third-order valence-electron chi connectivity index (χ3n) is 3.76. The van der Waals surface area contributed by atoms with E-state index in [1.54, 1.807) is 24.4 Å². The van der Waals surface area contributed by atoms with E-state index in [-0.39, 0.29) is 11.9 Å². The van der Waals surface area contributed by atoms with Crippen molar-refractivity contribution in [3.8, 4) is 11.3 Å². The average molecular weight is 333 g/mol. The van der Waals surface area contributed by atoms with Gasteiger partial charge in [0.1, 0.15) is 0 Å². The van der Waals surface area contributed by atoms with Gasteiger partial charge in [0.05, 0.1) is 11.7 Å². The van der Waals surface area contributed by atoms with Crippen LogP contribution >= 0.6 is 0 Å². The number of nitrogens with one attached hydrogen (secondary N) is 1. The molecule has 1 heterocycles. The van der Waals surface area contributed by atoms with E-state index in [1.807, 2.05) is 42.5 Å². The molecule has 1 atom stereocenters. The van der Waals surface area contributed by atoms with Crippen LogP contribution in [0.25, 0.3) is 11.3 Å². The van der Waals surface area contributed by atoms with Gasteiger partial charge in [0.25, 0.3) is 0 Å². The summed E-state index contributed by atoms with van der Waals surface area (Å²) in [4.78, 5) is 20.3. The highest BCUT2D eigenvalue weighted by atomic mass is 16.2.